The molecule has 0 radical (unpaired) electrons. The van der Waals surface area contributed by atoms with Gasteiger partial charge >= 0.3 is 0 Å². The molecule has 2 N–H and O–H groups in total. The molecule has 3 nitrogen and oxygen atoms in total. The van der Waals surface area contributed by atoms with E-state index in [1.807, 2.05) is 22.9 Å². The van der Waals surface area contributed by atoms with E-state index in [1.165, 1.54) is 0 Å². The molecule has 0 saturated carbocycles. The largest absolute Gasteiger partial charge is 0.329 e. The Morgan fingerprint density at radius 3 is 2.93 bits per heavy atom. The van der Waals surface area contributed by atoms with Crippen molar-refractivity contribution in [2.45, 2.75) is 6.54 Å². The number of benzene rings is 1. The van der Waals surface area contributed by atoms with Crippen LogP contribution >= 0.6 is 27.5 Å². The second-order valence-electron chi connectivity index (χ2n) is 2.94. The van der Waals surface area contributed by atoms with Gasteiger partial charge in [-0.05, 0) is 28.1 Å². The lowest BCUT2D eigenvalue weighted by Gasteiger charge is -1.98. The Labute approximate surface area is 95.0 Å². The Morgan fingerprint density at radius 1 is 1.50 bits per heavy atom. The molecular formula is C9H9BrClN3. The van der Waals surface area contributed by atoms with Crippen molar-refractivity contribution < 1.29 is 0 Å². The van der Waals surface area contributed by atoms with Crippen molar-refractivity contribution in [1.82, 2.24) is 9.78 Å². The van der Waals surface area contributed by atoms with E-state index in [4.69, 9.17) is 17.3 Å². The molecule has 0 spiro atoms. The summed E-state index contributed by atoms with van der Waals surface area (Å²) in [6, 6.07) is 5.67. The van der Waals surface area contributed by atoms with Crippen LogP contribution < -0.4 is 5.73 Å². The minimum atomic E-state index is 0.560. The minimum absolute atomic E-state index is 0.560. The molecular weight excluding hydrogens is 265 g/mol. The Bertz CT molecular complexity index is 466. The van der Waals surface area contributed by atoms with Gasteiger partial charge in [0.1, 0.15) is 4.60 Å². The molecule has 0 amide bonds. The molecule has 0 bridgehead atoms. The molecule has 2 rings (SSSR count). The molecule has 0 fully saturated rings. The topological polar surface area (TPSA) is 43.8 Å². The van der Waals surface area contributed by atoms with Crippen molar-refractivity contribution in [1.29, 1.82) is 0 Å². The standard InChI is InChI=1S/C9H9BrClN3/c10-9-8-6(11)2-1-3-7(8)13-14(9)5-4-12/h1-3H,4-5,12H2. The molecule has 1 aromatic carbocycles. The Hall–Kier alpha value is -0.580. The fourth-order valence-corrected chi connectivity index (χ4v) is 2.42. The summed E-state index contributed by atoms with van der Waals surface area (Å²) < 4.78 is 2.71. The van der Waals surface area contributed by atoms with E-state index in [9.17, 15) is 0 Å². The highest BCUT2D eigenvalue weighted by Gasteiger charge is 2.10. The maximum Gasteiger partial charge on any atom is 0.113 e. The number of nitrogens with two attached hydrogens (primary N) is 1. The molecule has 14 heavy (non-hydrogen) atoms. The van der Waals surface area contributed by atoms with Crippen LogP contribution in [0.4, 0.5) is 0 Å². The number of rotatable bonds is 2. The Morgan fingerprint density at radius 2 is 2.29 bits per heavy atom. The molecule has 74 valence electrons. The summed E-state index contributed by atoms with van der Waals surface area (Å²) in [6.07, 6.45) is 0. The van der Waals surface area contributed by atoms with E-state index in [2.05, 4.69) is 21.0 Å². The third-order valence-corrected chi connectivity index (χ3v) is 3.11. The molecule has 0 aliphatic heterocycles. The molecule has 0 aliphatic carbocycles. The van der Waals surface area contributed by atoms with Gasteiger partial charge in [0.05, 0.1) is 22.5 Å². The maximum absolute atomic E-state index is 6.06. The lowest BCUT2D eigenvalue weighted by atomic mass is 10.3. The molecule has 5 heteroatoms. The van der Waals surface area contributed by atoms with Gasteiger partial charge in [-0.25, -0.2) is 0 Å². The zero-order chi connectivity index (χ0) is 10.1. The van der Waals surface area contributed by atoms with E-state index >= 15 is 0 Å². The van der Waals surface area contributed by atoms with Crippen LogP contribution in [0.15, 0.2) is 22.8 Å². The van der Waals surface area contributed by atoms with Gasteiger partial charge in [-0.3, -0.25) is 4.68 Å². The summed E-state index contributed by atoms with van der Waals surface area (Å²) in [5, 5.41) is 6.02. The van der Waals surface area contributed by atoms with Gasteiger partial charge in [0, 0.05) is 6.54 Å². The third-order valence-electron chi connectivity index (χ3n) is 1.99. The molecule has 2 aromatic rings. The first-order chi connectivity index (χ1) is 6.74. The van der Waals surface area contributed by atoms with Crippen LogP contribution in [-0.4, -0.2) is 16.3 Å². The number of hydrogen-bond donors (Lipinski definition) is 1. The smallest absolute Gasteiger partial charge is 0.113 e. The third kappa shape index (κ3) is 1.54. The molecule has 0 unspecified atom stereocenters. The second-order valence-corrected chi connectivity index (χ2v) is 4.09. The molecule has 0 saturated heterocycles. The molecule has 1 aromatic heterocycles. The summed E-state index contributed by atoms with van der Waals surface area (Å²) in [7, 11) is 0. The molecule has 0 atom stereocenters. The van der Waals surface area contributed by atoms with Crippen LogP contribution in [0.3, 0.4) is 0 Å². The first-order valence-electron chi connectivity index (χ1n) is 4.24. The summed E-state index contributed by atoms with van der Waals surface area (Å²) in [5.74, 6) is 0. The monoisotopic (exact) mass is 273 g/mol. The number of aromatic nitrogens is 2. The number of fused-ring (bicyclic) bond motifs is 1. The number of hydrogen-bond acceptors (Lipinski definition) is 2. The van der Waals surface area contributed by atoms with Crippen molar-refractivity contribution in [3.63, 3.8) is 0 Å². The highest BCUT2D eigenvalue weighted by molar-refractivity contribution is 9.10. The van der Waals surface area contributed by atoms with Gasteiger partial charge in [0.15, 0.2) is 0 Å². The fourth-order valence-electron chi connectivity index (χ4n) is 1.37. The summed E-state index contributed by atoms with van der Waals surface area (Å²) in [5.41, 5.74) is 6.36. The van der Waals surface area contributed by atoms with Crippen molar-refractivity contribution in [2.75, 3.05) is 6.54 Å². The molecule has 1 heterocycles. The van der Waals surface area contributed by atoms with Crippen molar-refractivity contribution >= 4 is 38.4 Å². The summed E-state index contributed by atoms with van der Waals surface area (Å²) >= 11 is 9.53. The second kappa shape index (κ2) is 3.88. The highest BCUT2D eigenvalue weighted by Crippen LogP contribution is 2.29. The van der Waals surface area contributed by atoms with Crippen LogP contribution in [-0.2, 0) is 6.54 Å². The average Bonchev–Trinajstić information content (AvgIpc) is 2.46. The number of halogens is 2. The van der Waals surface area contributed by atoms with Crippen molar-refractivity contribution in [3.8, 4) is 0 Å². The average molecular weight is 275 g/mol. The lowest BCUT2D eigenvalue weighted by Crippen LogP contribution is -2.10. The van der Waals surface area contributed by atoms with Gasteiger partial charge in [0.25, 0.3) is 0 Å². The number of nitrogens with zero attached hydrogens (tertiary/aromatic N) is 2. The van der Waals surface area contributed by atoms with E-state index in [1.54, 1.807) is 0 Å². The SMILES string of the molecule is NCCn1nc2cccc(Cl)c2c1Br. The maximum atomic E-state index is 6.06. The van der Waals surface area contributed by atoms with Gasteiger partial charge in [-0.1, -0.05) is 17.7 Å². The van der Waals surface area contributed by atoms with Crippen molar-refractivity contribution in [2.24, 2.45) is 5.73 Å². The quantitative estimate of drug-likeness (QED) is 0.914. The van der Waals surface area contributed by atoms with Gasteiger partial charge in [-0.2, -0.15) is 5.10 Å². The predicted molar refractivity (Wildman–Crippen MR) is 61.5 cm³/mol. The zero-order valence-corrected chi connectivity index (χ0v) is 9.72. The van der Waals surface area contributed by atoms with E-state index in [0.717, 1.165) is 15.5 Å². The Balaban J connectivity index is 2.68. The van der Waals surface area contributed by atoms with Crippen molar-refractivity contribution in [3.05, 3.63) is 27.8 Å². The normalized spacial score (nSPS) is 11.1. The highest BCUT2D eigenvalue weighted by atomic mass is 79.9. The van der Waals surface area contributed by atoms with Crippen LogP contribution in [0.25, 0.3) is 10.9 Å². The fraction of sp³-hybridized carbons (Fsp3) is 0.222. The lowest BCUT2D eigenvalue weighted by molar-refractivity contribution is 0.619. The van der Waals surface area contributed by atoms with Crippen LogP contribution in [0.1, 0.15) is 0 Å². The van der Waals surface area contributed by atoms with E-state index < -0.39 is 0 Å². The van der Waals surface area contributed by atoms with Gasteiger partial charge < -0.3 is 5.73 Å². The minimum Gasteiger partial charge on any atom is -0.329 e. The van der Waals surface area contributed by atoms with Crippen LogP contribution in [0.2, 0.25) is 5.02 Å². The van der Waals surface area contributed by atoms with Gasteiger partial charge in [-0.15, -0.1) is 0 Å². The summed E-state index contributed by atoms with van der Waals surface area (Å²) in [6.45, 7) is 1.25. The predicted octanol–water partition coefficient (Wildman–Crippen LogP) is 2.41. The van der Waals surface area contributed by atoms with Crippen LogP contribution in [0.5, 0.6) is 0 Å². The van der Waals surface area contributed by atoms with E-state index in [-0.39, 0.29) is 0 Å². The molecule has 0 aliphatic rings. The first-order valence-corrected chi connectivity index (χ1v) is 5.41. The van der Waals surface area contributed by atoms with Crippen LogP contribution in [0, 0.1) is 0 Å². The zero-order valence-electron chi connectivity index (χ0n) is 7.37. The van der Waals surface area contributed by atoms with Gasteiger partial charge in [0.2, 0.25) is 0 Å². The first kappa shape index (κ1) is 9.96. The van der Waals surface area contributed by atoms with E-state index in [0.29, 0.717) is 18.1 Å². The Kier molecular flexibility index (Phi) is 2.76. The summed E-state index contributed by atoms with van der Waals surface area (Å²) in [4.78, 5) is 0.